The minimum Gasteiger partial charge on any atom is -0.305 e. The van der Waals surface area contributed by atoms with Gasteiger partial charge < -0.3 is 5.32 Å². The number of hydrogen-bond donors (Lipinski definition) is 1. The molecule has 2 heteroatoms. The Morgan fingerprint density at radius 2 is 2.33 bits per heavy atom. The van der Waals surface area contributed by atoms with Crippen LogP contribution >= 0.6 is 0 Å². The molecule has 0 aliphatic heterocycles. The third-order valence-electron chi connectivity index (χ3n) is 2.05. The molecule has 1 unspecified atom stereocenters. The van der Waals surface area contributed by atoms with Crippen molar-refractivity contribution in [2.24, 2.45) is 11.8 Å². The zero-order valence-electron chi connectivity index (χ0n) is 5.89. The van der Waals surface area contributed by atoms with E-state index in [4.69, 9.17) is 5.26 Å². The van der Waals surface area contributed by atoms with Gasteiger partial charge in [-0.3, -0.25) is 0 Å². The van der Waals surface area contributed by atoms with Crippen LogP contribution in [-0.4, -0.2) is 13.1 Å². The van der Waals surface area contributed by atoms with Crippen molar-refractivity contribution < 1.29 is 0 Å². The van der Waals surface area contributed by atoms with Gasteiger partial charge in [0.15, 0.2) is 0 Å². The molecule has 0 aromatic rings. The number of rotatable bonds is 2. The molecule has 1 aliphatic rings. The van der Waals surface area contributed by atoms with E-state index in [1.54, 1.807) is 0 Å². The molecule has 0 aromatic carbocycles. The topological polar surface area (TPSA) is 35.8 Å². The second kappa shape index (κ2) is 2.36. The van der Waals surface area contributed by atoms with E-state index in [1.165, 1.54) is 6.42 Å². The maximum absolute atomic E-state index is 8.54. The summed E-state index contributed by atoms with van der Waals surface area (Å²) in [5.74, 6) is 1.39. The summed E-state index contributed by atoms with van der Waals surface area (Å²) in [5, 5.41) is 11.5. The largest absolute Gasteiger partial charge is 0.305 e. The molecule has 0 spiro atoms. The van der Waals surface area contributed by atoms with Crippen LogP contribution in [0.2, 0.25) is 0 Å². The Labute approximate surface area is 55.9 Å². The predicted molar refractivity (Wildman–Crippen MR) is 35.7 cm³/mol. The van der Waals surface area contributed by atoms with Crippen molar-refractivity contribution in [2.75, 3.05) is 7.05 Å². The average molecular weight is 124 g/mol. The van der Waals surface area contributed by atoms with Crippen LogP contribution in [-0.2, 0) is 0 Å². The summed E-state index contributed by atoms with van der Waals surface area (Å²) < 4.78 is 0. The molecular weight excluding hydrogens is 112 g/mol. The van der Waals surface area contributed by atoms with Gasteiger partial charge in [-0.05, 0) is 25.3 Å². The van der Waals surface area contributed by atoms with Gasteiger partial charge in [-0.15, -0.1) is 0 Å². The summed E-state index contributed by atoms with van der Waals surface area (Å²) in [6, 6.07) is 2.33. The minimum atomic E-state index is 0.0972. The van der Waals surface area contributed by atoms with Crippen molar-refractivity contribution in [3.63, 3.8) is 0 Å². The van der Waals surface area contributed by atoms with Crippen LogP contribution in [0.25, 0.3) is 0 Å². The highest BCUT2D eigenvalue weighted by Crippen LogP contribution is 2.40. The fourth-order valence-electron chi connectivity index (χ4n) is 1.19. The number of nitriles is 1. The van der Waals surface area contributed by atoms with Crippen molar-refractivity contribution in [2.45, 2.75) is 19.4 Å². The van der Waals surface area contributed by atoms with Crippen LogP contribution in [0.15, 0.2) is 0 Å². The third kappa shape index (κ3) is 1.22. The normalized spacial score (nSPS) is 35.2. The van der Waals surface area contributed by atoms with Crippen LogP contribution in [0.5, 0.6) is 0 Å². The lowest BCUT2D eigenvalue weighted by atomic mass is 10.2. The second-order valence-corrected chi connectivity index (χ2v) is 2.77. The summed E-state index contributed by atoms with van der Waals surface area (Å²) in [6.07, 6.45) is 1.22. The molecule has 0 bridgehead atoms. The van der Waals surface area contributed by atoms with Gasteiger partial charge in [-0.25, -0.2) is 0 Å². The van der Waals surface area contributed by atoms with E-state index in [-0.39, 0.29) is 6.04 Å². The maximum Gasteiger partial charge on any atom is 0.0981 e. The quantitative estimate of drug-likeness (QED) is 0.589. The highest BCUT2D eigenvalue weighted by atomic mass is 14.9. The zero-order chi connectivity index (χ0) is 6.85. The van der Waals surface area contributed by atoms with Gasteiger partial charge in [-0.2, -0.15) is 5.26 Å². The van der Waals surface area contributed by atoms with Crippen molar-refractivity contribution in [3.05, 3.63) is 0 Å². The highest BCUT2D eigenvalue weighted by molar-refractivity contribution is 5.03. The molecule has 0 saturated heterocycles. The van der Waals surface area contributed by atoms with Crippen molar-refractivity contribution in [1.82, 2.24) is 5.32 Å². The molecule has 9 heavy (non-hydrogen) atoms. The summed E-state index contributed by atoms with van der Waals surface area (Å²) in [4.78, 5) is 0. The van der Waals surface area contributed by atoms with Gasteiger partial charge in [0.05, 0.1) is 12.1 Å². The Balaban J connectivity index is 2.34. The number of nitrogens with one attached hydrogen (secondary N) is 1. The van der Waals surface area contributed by atoms with E-state index in [1.807, 2.05) is 7.05 Å². The highest BCUT2D eigenvalue weighted by Gasteiger charge is 2.38. The van der Waals surface area contributed by atoms with Crippen molar-refractivity contribution >= 4 is 0 Å². The molecule has 1 saturated carbocycles. The molecular formula is C7H12N2. The SMILES string of the molecule is CN[C@@H](C#N)[C@@H]1CC1C. The Hall–Kier alpha value is -0.550. The first-order chi connectivity index (χ1) is 4.29. The molecule has 0 radical (unpaired) electrons. The zero-order valence-corrected chi connectivity index (χ0v) is 5.89. The number of nitrogens with zero attached hydrogens (tertiary/aromatic N) is 1. The van der Waals surface area contributed by atoms with Crippen LogP contribution in [0.3, 0.4) is 0 Å². The lowest BCUT2D eigenvalue weighted by molar-refractivity contribution is 0.576. The first-order valence-corrected chi connectivity index (χ1v) is 3.36. The molecule has 2 nitrogen and oxygen atoms in total. The van der Waals surface area contributed by atoms with Gasteiger partial charge in [0.25, 0.3) is 0 Å². The Morgan fingerprint density at radius 1 is 1.78 bits per heavy atom. The monoisotopic (exact) mass is 124 g/mol. The first-order valence-electron chi connectivity index (χ1n) is 3.36. The summed E-state index contributed by atoms with van der Waals surface area (Å²) in [5.41, 5.74) is 0. The molecule has 1 rings (SSSR count). The average Bonchev–Trinajstić information content (AvgIpc) is 2.51. The molecule has 0 aromatic heterocycles. The Kier molecular flexibility index (Phi) is 1.73. The van der Waals surface area contributed by atoms with Gasteiger partial charge >= 0.3 is 0 Å². The van der Waals surface area contributed by atoms with Crippen molar-refractivity contribution in [1.29, 1.82) is 5.26 Å². The summed E-state index contributed by atoms with van der Waals surface area (Å²) in [6.45, 7) is 2.19. The van der Waals surface area contributed by atoms with E-state index in [0.29, 0.717) is 5.92 Å². The Bertz CT molecular complexity index is 136. The standard InChI is InChI=1S/C7H12N2/c1-5-3-6(5)7(4-8)9-2/h5-7,9H,3H2,1-2H3/t5?,6-,7+/m1/s1. The van der Waals surface area contributed by atoms with E-state index in [9.17, 15) is 0 Å². The lowest BCUT2D eigenvalue weighted by Crippen LogP contribution is -2.25. The molecule has 50 valence electrons. The van der Waals surface area contributed by atoms with Crippen LogP contribution in [0.1, 0.15) is 13.3 Å². The minimum absolute atomic E-state index is 0.0972. The van der Waals surface area contributed by atoms with Gasteiger partial charge in [0.1, 0.15) is 0 Å². The molecule has 3 atom stereocenters. The van der Waals surface area contributed by atoms with Crippen LogP contribution in [0.4, 0.5) is 0 Å². The van der Waals surface area contributed by atoms with Gasteiger partial charge in [0, 0.05) is 0 Å². The van der Waals surface area contributed by atoms with E-state index in [0.717, 1.165) is 5.92 Å². The molecule has 0 amide bonds. The first kappa shape index (κ1) is 6.57. The smallest absolute Gasteiger partial charge is 0.0981 e. The van der Waals surface area contributed by atoms with Crippen LogP contribution < -0.4 is 5.32 Å². The van der Waals surface area contributed by atoms with E-state index >= 15 is 0 Å². The van der Waals surface area contributed by atoms with Gasteiger partial charge in [-0.1, -0.05) is 6.92 Å². The molecule has 1 aliphatic carbocycles. The Morgan fingerprint density at radius 3 is 2.44 bits per heavy atom. The second-order valence-electron chi connectivity index (χ2n) is 2.77. The summed E-state index contributed by atoms with van der Waals surface area (Å²) in [7, 11) is 1.85. The molecule has 1 N–H and O–H groups in total. The van der Waals surface area contributed by atoms with Gasteiger partial charge in [0.2, 0.25) is 0 Å². The predicted octanol–water partition coefficient (Wildman–Crippen LogP) is 0.754. The fraction of sp³-hybridized carbons (Fsp3) is 0.857. The third-order valence-corrected chi connectivity index (χ3v) is 2.05. The van der Waals surface area contributed by atoms with Crippen LogP contribution in [0, 0.1) is 23.2 Å². The molecule has 0 heterocycles. The van der Waals surface area contributed by atoms with E-state index in [2.05, 4.69) is 18.3 Å². The molecule has 1 fully saturated rings. The fourth-order valence-corrected chi connectivity index (χ4v) is 1.19. The van der Waals surface area contributed by atoms with E-state index < -0.39 is 0 Å². The number of hydrogen-bond acceptors (Lipinski definition) is 2. The lowest BCUT2D eigenvalue weighted by Gasteiger charge is -2.03. The maximum atomic E-state index is 8.54. The summed E-state index contributed by atoms with van der Waals surface area (Å²) >= 11 is 0. The van der Waals surface area contributed by atoms with Crippen molar-refractivity contribution in [3.8, 4) is 6.07 Å².